The minimum Gasteiger partial charge on any atom is -0.333 e. The van der Waals surface area contributed by atoms with Gasteiger partial charge in [-0.1, -0.05) is 6.07 Å². The van der Waals surface area contributed by atoms with Crippen molar-refractivity contribution in [2.45, 2.75) is 50.9 Å². The highest BCUT2D eigenvalue weighted by Crippen LogP contribution is 2.30. The van der Waals surface area contributed by atoms with Gasteiger partial charge >= 0.3 is 0 Å². The fourth-order valence-electron chi connectivity index (χ4n) is 3.58. The molecule has 3 heterocycles. The molecule has 2 aromatic heterocycles. The van der Waals surface area contributed by atoms with Crippen molar-refractivity contribution in [1.29, 1.82) is 0 Å². The number of hydrogen-bond acceptors (Lipinski definition) is 4. The predicted molar refractivity (Wildman–Crippen MR) is 94.7 cm³/mol. The second kappa shape index (κ2) is 7.07. The first-order chi connectivity index (χ1) is 11.8. The normalized spacial score (nSPS) is 21.2. The Bertz CT molecular complexity index is 651. The Kier molecular flexibility index (Phi) is 4.67. The third-order valence-electron chi connectivity index (χ3n) is 5.01. The molecular formula is C18H24N4OS. The van der Waals surface area contributed by atoms with Crippen molar-refractivity contribution in [3.8, 4) is 0 Å². The summed E-state index contributed by atoms with van der Waals surface area (Å²) in [6.07, 6.45) is 8.47. The largest absolute Gasteiger partial charge is 0.333 e. The average Bonchev–Trinajstić information content (AvgIpc) is 2.99. The van der Waals surface area contributed by atoms with E-state index in [4.69, 9.17) is 0 Å². The maximum atomic E-state index is 12.9. The fourth-order valence-corrected chi connectivity index (χ4v) is 4.28. The van der Waals surface area contributed by atoms with Gasteiger partial charge in [0, 0.05) is 29.4 Å². The van der Waals surface area contributed by atoms with Crippen LogP contribution < -0.4 is 0 Å². The summed E-state index contributed by atoms with van der Waals surface area (Å²) in [6.45, 7) is 3.23. The highest BCUT2D eigenvalue weighted by Gasteiger charge is 2.35. The van der Waals surface area contributed by atoms with E-state index in [2.05, 4.69) is 32.4 Å². The Labute approximate surface area is 146 Å². The van der Waals surface area contributed by atoms with Crippen molar-refractivity contribution in [3.63, 3.8) is 0 Å². The van der Waals surface area contributed by atoms with E-state index in [0.29, 0.717) is 24.5 Å². The van der Waals surface area contributed by atoms with E-state index in [0.717, 1.165) is 38.9 Å². The van der Waals surface area contributed by atoms with Crippen LogP contribution >= 0.6 is 11.3 Å². The summed E-state index contributed by atoms with van der Waals surface area (Å²) in [5, 5.41) is 6.40. The van der Waals surface area contributed by atoms with Crippen molar-refractivity contribution < 1.29 is 4.79 Å². The van der Waals surface area contributed by atoms with Crippen molar-refractivity contribution >= 4 is 17.2 Å². The molecular weight excluding hydrogens is 320 g/mol. The van der Waals surface area contributed by atoms with Crippen molar-refractivity contribution in [2.75, 3.05) is 13.1 Å². The molecule has 1 amide bonds. The molecule has 2 fully saturated rings. The molecule has 1 atom stereocenters. The van der Waals surface area contributed by atoms with Gasteiger partial charge < -0.3 is 4.90 Å². The van der Waals surface area contributed by atoms with Crippen LogP contribution in [0.1, 0.15) is 30.6 Å². The minimum absolute atomic E-state index is 0.290. The van der Waals surface area contributed by atoms with E-state index in [1.807, 2.05) is 23.1 Å². The summed E-state index contributed by atoms with van der Waals surface area (Å²) in [6, 6.07) is 7.04. The van der Waals surface area contributed by atoms with Gasteiger partial charge in [0.1, 0.15) is 0 Å². The molecule has 1 aliphatic heterocycles. The van der Waals surface area contributed by atoms with Gasteiger partial charge in [-0.05, 0) is 49.7 Å². The molecule has 0 bridgehead atoms. The molecule has 1 aliphatic carbocycles. The summed E-state index contributed by atoms with van der Waals surface area (Å²) in [4.78, 5) is 18.7. The van der Waals surface area contributed by atoms with Crippen molar-refractivity contribution in [2.24, 2.45) is 0 Å². The standard InChI is InChI=1S/C18H24N4OS/c23-18(22(15-6-7-15)13-17-5-2-11-24-17)14-20-9-1-4-16(20)12-21-10-3-8-19-21/h2-3,5,8,10-11,15-16H,1,4,6-7,9,12-14H2/t16-/m0/s1. The molecule has 0 unspecified atom stereocenters. The number of amides is 1. The number of nitrogens with zero attached hydrogens (tertiary/aromatic N) is 4. The van der Waals surface area contributed by atoms with Crippen LogP contribution in [-0.2, 0) is 17.9 Å². The number of thiophene rings is 1. The van der Waals surface area contributed by atoms with Gasteiger partial charge in [-0.25, -0.2) is 0 Å². The first-order valence-electron chi connectivity index (χ1n) is 8.83. The van der Waals surface area contributed by atoms with Gasteiger partial charge in [-0.2, -0.15) is 5.10 Å². The SMILES string of the molecule is O=C(CN1CCC[C@H]1Cn1cccn1)N(Cc1cccs1)C1CC1. The molecule has 24 heavy (non-hydrogen) atoms. The Balaban J connectivity index is 1.38. The second-order valence-corrected chi connectivity index (χ2v) is 7.86. The van der Waals surface area contributed by atoms with Gasteiger partial charge in [-0.3, -0.25) is 14.4 Å². The zero-order valence-electron chi connectivity index (χ0n) is 13.9. The maximum absolute atomic E-state index is 12.9. The lowest BCUT2D eigenvalue weighted by molar-refractivity contribution is -0.133. The van der Waals surface area contributed by atoms with Crippen LogP contribution in [0.2, 0.25) is 0 Å². The minimum atomic E-state index is 0.290. The van der Waals surface area contributed by atoms with Crippen LogP contribution in [-0.4, -0.2) is 50.7 Å². The van der Waals surface area contributed by atoms with E-state index in [1.54, 1.807) is 11.3 Å². The highest BCUT2D eigenvalue weighted by molar-refractivity contribution is 7.09. The molecule has 0 N–H and O–H groups in total. The highest BCUT2D eigenvalue weighted by atomic mass is 32.1. The van der Waals surface area contributed by atoms with Crippen LogP contribution in [0.5, 0.6) is 0 Å². The molecule has 128 valence electrons. The van der Waals surface area contributed by atoms with Crippen LogP contribution in [0.4, 0.5) is 0 Å². The Morgan fingerprint density at radius 2 is 2.25 bits per heavy atom. The summed E-state index contributed by atoms with van der Waals surface area (Å²) < 4.78 is 1.98. The van der Waals surface area contributed by atoms with Gasteiger partial charge in [0.2, 0.25) is 5.91 Å². The van der Waals surface area contributed by atoms with Gasteiger partial charge in [0.25, 0.3) is 0 Å². The third kappa shape index (κ3) is 3.70. The second-order valence-electron chi connectivity index (χ2n) is 6.83. The van der Waals surface area contributed by atoms with Gasteiger partial charge in [0.05, 0.1) is 19.6 Å². The number of carbonyl (C=O) groups excluding carboxylic acids is 1. The molecule has 1 saturated carbocycles. The quantitative estimate of drug-likeness (QED) is 0.775. The molecule has 2 aromatic rings. The fraction of sp³-hybridized carbons (Fsp3) is 0.556. The average molecular weight is 344 g/mol. The topological polar surface area (TPSA) is 41.4 Å². The lowest BCUT2D eigenvalue weighted by Gasteiger charge is -2.28. The van der Waals surface area contributed by atoms with Crippen molar-refractivity contribution in [3.05, 3.63) is 40.8 Å². The van der Waals surface area contributed by atoms with Gasteiger partial charge in [-0.15, -0.1) is 11.3 Å². The third-order valence-corrected chi connectivity index (χ3v) is 5.87. The smallest absolute Gasteiger partial charge is 0.237 e. The van der Waals surface area contributed by atoms with Crippen LogP contribution in [0, 0.1) is 0 Å². The van der Waals surface area contributed by atoms with Gasteiger partial charge in [0.15, 0.2) is 0 Å². The molecule has 2 aliphatic rings. The molecule has 5 nitrogen and oxygen atoms in total. The van der Waals surface area contributed by atoms with Crippen LogP contribution in [0.15, 0.2) is 36.0 Å². The maximum Gasteiger partial charge on any atom is 0.237 e. The number of carbonyl (C=O) groups is 1. The Morgan fingerprint density at radius 1 is 1.33 bits per heavy atom. The lowest BCUT2D eigenvalue weighted by atomic mass is 10.2. The molecule has 0 spiro atoms. The number of rotatable bonds is 7. The molecule has 6 heteroatoms. The van der Waals surface area contributed by atoms with Crippen LogP contribution in [0.3, 0.4) is 0 Å². The Hall–Kier alpha value is -1.66. The zero-order chi connectivity index (χ0) is 16.4. The summed E-state index contributed by atoms with van der Waals surface area (Å²) in [5.41, 5.74) is 0. The summed E-state index contributed by atoms with van der Waals surface area (Å²) in [5.74, 6) is 0.290. The first-order valence-corrected chi connectivity index (χ1v) is 9.71. The molecule has 0 radical (unpaired) electrons. The first kappa shape index (κ1) is 15.8. The van der Waals surface area contributed by atoms with E-state index in [-0.39, 0.29) is 0 Å². The Morgan fingerprint density at radius 3 is 2.96 bits per heavy atom. The summed E-state index contributed by atoms with van der Waals surface area (Å²) >= 11 is 1.74. The predicted octanol–water partition coefficient (Wildman–Crippen LogP) is 2.60. The lowest BCUT2D eigenvalue weighted by Crippen LogP contribution is -2.43. The van der Waals surface area contributed by atoms with Crippen molar-refractivity contribution in [1.82, 2.24) is 19.6 Å². The number of likely N-dealkylation sites (tertiary alicyclic amines) is 1. The number of aromatic nitrogens is 2. The summed E-state index contributed by atoms with van der Waals surface area (Å²) in [7, 11) is 0. The van der Waals surface area contributed by atoms with E-state index >= 15 is 0 Å². The molecule has 4 rings (SSSR count). The zero-order valence-corrected chi connectivity index (χ0v) is 14.7. The molecule has 1 saturated heterocycles. The van der Waals surface area contributed by atoms with E-state index in [9.17, 15) is 4.79 Å². The van der Waals surface area contributed by atoms with E-state index < -0.39 is 0 Å². The van der Waals surface area contributed by atoms with Crippen LogP contribution in [0.25, 0.3) is 0 Å². The molecule has 0 aromatic carbocycles. The monoisotopic (exact) mass is 344 g/mol. The number of hydrogen-bond donors (Lipinski definition) is 0. The van der Waals surface area contributed by atoms with E-state index in [1.165, 1.54) is 11.3 Å².